The van der Waals surface area contributed by atoms with E-state index in [1.165, 1.54) is 12.8 Å². The highest BCUT2D eigenvalue weighted by atomic mass is 16.1. The highest BCUT2D eigenvalue weighted by molar-refractivity contribution is 5.98. The van der Waals surface area contributed by atoms with E-state index in [1.54, 1.807) is 0 Å². The van der Waals surface area contributed by atoms with Crippen molar-refractivity contribution in [3.05, 3.63) is 22.9 Å². The van der Waals surface area contributed by atoms with E-state index < -0.39 is 5.91 Å². The second kappa shape index (κ2) is 6.22. The first-order valence-electron chi connectivity index (χ1n) is 7.19. The summed E-state index contributed by atoms with van der Waals surface area (Å²) in [6, 6.07) is 1.84. The van der Waals surface area contributed by atoms with Crippen molar-refractivity contribution >= 4 is 11.7 Å². The Morgan fingerprint density at radius 3 is 2.90 bits per heavy atom. The topological polar surface area (TPSA) is 71.2 Å². The average Bonchev–Trinajstić information content (AvgIpc) is 2.42. The molecule has 1 unspecified atom stereocenters. The Bertz CT molecular complexity index is 495. The third-order valence-electron chi connectivity index (χ3n) is 4.00. The number of primary amides is 1. The Hall–Kier alpha value is -1.62. The van der Waals surface area contributed by atoms with Crippen LogP contribution in [0, 0.1) is 19.8 Å². The van der Waals surface area contributed by atoms with E-state index in [0.29, 0.717) is 17.3 Å². The molecule has 0 aromatic carbocycles. The maximum atomic E-state index is 11.6. The van der Waals surface area contributed by atoms with Gasteiger partial charge in [-0.25, -0.2) is 4.98 Å². The molecule has 0 saturated carbocycles. The zero-order valence-corrected chi connectivity index (χ0v) is 12.6. The number of carbonyl (C=O) groups is 1. The number of nitrogens with one attached hydrogen (secondary N) is 1. The lowest BCUT2D eigenvalue weighted by Crippen LogP contribution is -2.37. The molecule has 110 valence electrons. The van der Waals surface area contributed by atoms with Crippen molar-refractivity contribution in [2.75, 3.05) is 31.6 Å². The first-order chi connectivity index (χ1) is 9.49. The molecule has 3 N–H and O–H groups in total. The molecular weight excluding hydrogens is 252 g/mol. The molecule has 1 aliphatic heterocycles. The highest BCUT2D eigenvalue weighted by Gasteiger charge is 2.20. The molecule has 2 rings (SSSR count). The van der Waals surface area contributed by atoms with E-state index in [1.807, 2.05) is 27.0 Å². The predicted molar refractivity (Wildman–Crippen MR) is 81.1 cm³/mol. The molecule has 1 saturated heterocycles. The number of anilines is 1. The summed E-state index contributed by atoms with van der Waals surface area (Å²) in [5.41, 5.74) is 7.94. The molecule has 1 aromatic rings. The minimum atomic E-state index is -0.413. The van der Waals surface area contributed by atoms with Crippen LogP contribution in [0.15, 0.2) is 6.07 Å². The Balaban J connectivity index is 2.21. The van der Waals surface area contributed by atoms with Gasteiger partial charge < -0.3 is 16.0 Å². The van der Waals surface area contributed by atoms with Crippen LogP contribution in [0.25, 0.3) is 0 Å². The van der Waals surface area contributed by atoms with Gasteiger partial charge in [0.15, 0.2) is 0 Å². The van der Waals surface area contributed by atoms with Gasteiger partial charge in [0.25, 0.3) is 5.91 Å². The predicted octanol–water partition coefficient (Wildman–Crippen LogP) is 1.23. The van der Waals surface area contributed by atoms with Gasteiger partial charge in [-0.05, 0) is 57.3 Å². The summed E-state index contributed by atoms with van der Waals surface area (Å²) in [7, 11) is 1.98. The van der Waals surface area contributed by atoms with Gasteiger partial charge in [0, 0.05) is 19.3 Å². The second-order valence-corrected chi connectivity index (χ2v) is 5.72. The van der Waals surface area contributed by atoms with E-state index in [9.17, 15) is 4.79 Å². The van der Waals surface area contributed by atoms with Crippen LogP contribution < -0.4 is 16.0 Å². The number of amides is 1. The summed E-state index contributed by atoms with van der Waals surface area (Å²) in [5, 5.41) is 3.41. The van der Waals surface area contributed by atoms with Crippen molar-refractivity contribution in [2.24, 2.45) is 11.7 Å². The molecular formula is C15H24N4O. The molecule has 0 radical (unpaired) electrons. The van der Waals surface area contributed by atoms with Gasteiger partial charge >= 0.3 is 0 Å². The number of nitrogens with two attached hydrogens (primary N) is 1. The van der Waals surface area contributed by atoms with Crippen LogP contribution in [0.2, 0.25) is 0 Å². The number of rotatable bonds is 4. The van der Waals surface area contributed by atoms with Crippen molar-refractivity contribution in [3.8, 4) is 0 Å². The zero-order valence-electron chi connectivity index (χ0n) is 12.6. The third kappa shape index (κ3) is 3.28. The van der Waals surface area contributed by atoms with Gasteiger partial charge in [0.1, 0.15) is 5.82 Å². The molecule has 1 aromatic heterocycles. The monoisotopic (exact) mass is 276 g/mol. The smallest absolute Gasteiger partial charge is 0.252 e. The summed E-state index contributed by atoms with van der Waals surface area (Å²) in [5.74, 6) is 0.883. The first kappa shape index (κ1) is 14.8. The van der Waals surface area contributed by atoms with Crippen molar-refractivity contribution in [3.63, 3.8) is 0 Å². The molecule has 1 atom stereocenters. The number of hydrogen-bond donors (Lipinski definition) is 2. The summed E-state index contributed by atoms with van der Waals surface area (Å²) in [4.78, 5) is 18.2. The first-order valence-corrected chi connectivity index (χ1v) is 7.19. The SMILES string of the molecule is Cc1cc(C(N)=O)c(N(C)CC2CCCNC2)nc1C. The Morgan fingerprint density at radius 1 is 1.55 bits per heavy atom. The quantitative estimate of drug-likeness (QED) is 0.868. The molecule has 1 amide bonds. The van der Waals surface area contributed by atoms with Crippen molar-refractivity contribution in [1.82, 2.24) is 10.3 Å². The molecule has 0 aliphatic carbocycles. The van der Waals surface area contributed by atoms with Crippen LogP contribution in [0.5, 0.6) is 0 Å². The van der Waals surface area contributed by atoms with E-state index in [2.05, 4.69) is 15.2 Å². The summed E-state index contributed by atoms with van der Waals surface area (Å²) in [6.07, 6.45) is 2.43. The Labute approximate surface area is 120 Å². The summed E-state index contributed by atoms with van der Waals surface area (Å²) >= 11 is 0. The van der Waals surface area contributed by atoms with Gasteiger partial charge in [0.05, 0.1) is 5.56 Å². The van der Waals surface area contributed by atoms with Crippen molar-refractivity contribution < 1.29 is 4.79 Å². The minimum Gasteiger partial charge on any atom is -0.365 e. The fourth-order valence-corrected chi connectivity index (χ4v) is 2.72. The number of nitrogens with zero attached hydrogens (tertiary/aromatic N) is 2. The van der Waals surface area contributed by atoms with Crippen molar-refractivity contribution in [1.29, 1.82) is 0 Å². The van der Waals surface area contributed by atoms with Gasteiger partial charge in [-0.3, -0.25) is 4.79 Å². The minimum absolute atomic E-state index is 0.413. The van der Waals surface area contributed by atoms with Crippen molar-refractivity contribution in [2.45, 2.75) is 26.7 Å². The molecule has 0 bridgehead atoms. The van der Waals surface area contributed by atoms with Crippen LogP contribution >= 0.6 is 0 Å². The largest absolute Gasteiger partial charge is 0.365 e. The van der Waals surface area contributed by atoms with E-state index >= 15 is 0 Å². The van der Waals surface area contributed by atoms with Gasteiger partial charge in [-0.15, -0.1) is 0 Å². The number of piperidine rings is 1. The maximum absolute atomic E-state index is 11.6. The molecule has 1 aliphatic rings. The fourth-order valence-electron chi connectivity index (χ4n) is 2.72. The van der Waals surface area contributed by atoms with Gasteiger partial charge in [-0.1, -0.05) is 0 Å². The number of aromatic nitrogens is 1. The van der Waals surface area contributed by atoms with Gasteiger partial charge in [-0.2, -0.15) is 0 Å². The Kier molecular flexibility index (Phi) is 4.60. The lowest BCUT2D eigenvalue weighted by atomic mass is 9.99. The number of aryl methyl sites for hydroxylation is 2. The van der Waals surface area contributed by atoms with Crippen LogP contribution in [0.3, 0.4) is 0 Å². The Morgan fingerprint density at radius 2 is 2.30 bits per heavy atom. The van der Waals surface area contributed by atoms with E-state index in [-0.39, 0.29) is 0 Å². The third-order valence-corrected chi connectivity index (χ3v) is 4.00. The van der Waals surface area contributed by atoms with Crippen LogP contribution in [0.4, 0.5) is 5.82 Å². The number of hydrogen-bond acceptors (Lipinski definition) is 4. The second-order valence-electron chi connectivity index (χ2n) is 5.72. The normalized spacial score (nSPS) is 18.9. The van der Waals surface area contributed by atoms with Crippen LogP contribution in [0.1, 0.15) is 34.5 Å². The molecule has 2 heterocycles. The summed E-state index contributed by atoms with van der Waals surface area (Å²) in [6.45, 7) is 6.93. The lowest BCUT2D eigenvalue weighted by molar-refractivity contribution is 0.100. The maximum Gasteiger partial charge on any atom is 0.252 e. The van der Waals surface area contributed by atoms with Gasteiger partial charge in [0.2, 0.25) is 0 Å². The molecule has 5 heteroatoms. The van der Waals surface area contributed by atoms with E-state index in [0.717, 1.165) is 30.9 Å². The molecule has 0 spiro atoms. The van der Waals surface area contributed by atoms with E-state index in [4.69, 9.17) is 5.73 Å². The molecule has 1 fully saturated rings. The summed E-state index contributed by atoms with van der Waals surface area (Å²) < 4.78 is 0. The number of carbonyl (C=O) groups excluding carboxylic acids is 1. The lowest BCUT2D eigenvalue weighted by Gasteiger charge is -2.29. The van der Waals surface area contributed by atoms with Crippen LogP contribution in [-0.4, -0.2) is 37.6 Å². The molecule has 20 heavy (non-hydrogen) atoms. The molecule has 5 nitrogen and oxygen atoms in total. The number of pyridine rings is 1. The zero-order chi connectivity index (χ0) is 14.7. The highest BCUT2D eigenvalue weighted by Crippen LogP contribution is 2.22. The fraction of sp³-hybridized carbons (Fsp3) is 0.600. The van der Waals surface area contributed by atoms with Crippen LogP contribution in [-0.2, 0) is 0 Å². The standard InChI is InChI=1S/C15H24N4O/c1-10-7-13(14(16)20)15(18-11(10)2)19(3)9-12-5-4-6-17-8-12/h7,12,17H,4-6,8-9H2,1-3H3,(H2,16,20). The average molecular weight is 276 g/mol.